The van der Waals surface area contributed by atoms with Gasteiger partial charge in [0.2, 0.25) is 0 Å². The molecule has 2 N–H and O–H groups in total. The number of hydrogen-bond acceptors (Lipinski definition) is 2. The maximum absolute atomic E-state index is 11.4. The molecule has 2 aliphatic carbocycles. The van der Waals surface area contributed by atoms with Gasteiger partial charge >= 0.3 is 5.97 Å². The highest BCUT2D eigenvalue weighted by Gasteiger charge is 2.51. The lowest BCUT2D eigenvalue weighted by Gasteiger charge is -2.48. The predicted molar refractivity (Wildman–Crippen MR) is 63.3 cm³/mol. The van der Waals surface area contributed by atoms with E-state index in [-0.39, 0.29) is 0 Å². The highest BCUT2D eigenvalue weighted by molar-refractivity contribution is 5.80. The van der Waals surface area contributed by atoms with E-state index in [4.69, 9.17) is 0 Å². The minimum atomic E-state index is -0.642. The Morgan fingerprint density at radius 1 is 1.31 bits per heavy atom. The Morgan fingerprint density at radius 2 is 1.88 bits per heavy atom. The third-order valence-electron chi connectivity index (χ3n) is 4.41. The van der Waals surface area contributed by atoms with E-state index < -0.39 is 11.5 Å². The van der Waals surface area contributed by atoms with Crippen LogP contribution in [0.2, 0.25) is 0 Å². The van der Waals surface area contributed by atoms with E-state index >= 15 is 0 Å². The highest BCUT2D eigenvalue weighted by Crippen LogP contribution is 2.43. The van der Waals surface area contributed by atoms with Crippen LogP contribution in [0.4, 0.5) is 0 Å². The number of carboxylic acid groups (broad SMARTS) is 1. The molecule has 0 aromatic heterocycles. The van der Waals surface area contributed by atoms with Crippen molar-refractivity contribution in [2.24, 2.45) is 11.8 Å². The first-order chi connectivity index (χ1) is 7.53. The van der Waals surface area contributed by atoms with Gasteiger partial charge in [-0.15, -0.1) is 0 Å². The van der Waals surface area contributed by atoms with Crippen LogP contribution in [-0.2, 0) is 4.79 Å². The summed E-state index contributed by atoms with van der Waals surface area (Å²) in [5.41, 5.74) is -0.593. The highest BCUT2D eigenvalue weighted by atomic mass is 16.4. The fraction of sp³-hybridized carbons (Fsp3) is 0.923. The van der Waals surface area contributed by atoms with Gasteiger partial charge in [-0.2, -0.15) is 0 Å². The molecule has 2 saturated carbocycles. The number of nitrogens with one attached hydrogen (secondary N) is 1. The first-order valence-electron chi connectivity index (χ1n) is 6.54. The first-order valence-corrected chi connectivity index (χ1v) is 6.54. The van der Waals surface area contributed by atoms with E-state index in [2.05, 4.69) is 19.2 Å². The van der Waals surface area contributed by atoms with E-state index in [0.29, 0.717) is 17.9 Å². The Labute approximate surface area is 97.6 Å². The quantitative estimate of drug-likeness (QED) is 0.772. The fourth-order valence-corrected chi connectivity index (χ4v) is 3.12. The summed E-state index contributed by atoms with van der Waals surface area (Å²) in [7, 11) is 0. The summed E-state index contributed by atoms with van der Waals surface area (Å²) in [6.45, 7) is 4.37. The molecular weight excluding hydrogens is 202 g/mol. The molecule has 2 fully saturated rings. The number of carboxylic acids is 1. The number of aliphatic carboxylic acids is 1. The Morgan fingerprint density at radius 3 is 2.31 bits per heavy atom. The fourth-order valence-electron chi connectivity index (χ4n) is 3.12. The molecule has 2 rings (SSSR count). The molecular formula is C13H23NO2. The van der Waals surface area contributed by atoms with Crippen LogP contribution in [0.25, 0.3) is 0 Å². The largest absolute Gasteiger partial charge is 0.480 e. The van der Waals surface area contributed by atoms with Gasteiger partial charge in [-0.1, -0.05) is 26.7 Å². The van der Waals surface area contributed by atoms with Crippen LogP contribution < -0.4 is 5.32 Å². The van der Waals surface area contributed by atoms with Crippen molar-refractivity contribution in [2.45, 2.75) is 64.0 Å². The Hall–Kier alpha value is -0.570. The second kappa shape index (κ2) is 4.36. The lowest BCUT2D eigenvalue weighted by Crippen LogP contribution is -2.63. The average Bonchev–Trinajstić information content (AvgIpc) is 2.61. The Balaban J connectivity index is 1.94. The Bertz CT molecular complexity index is 263. The maximum Gasteiger partial charge on any atom is 0.323 e. The lowest BCUT2D eigenvalue weighted by atomic mass is 9.63. The molecule has 16 heavy (non-hydrogen) atoms. The van der Waals surface area contributed by atoms with E-state index in [1.807, 2.05) is 0 Å². The van der Waals surface area contributed by atoms with E-state index in [0.717, 1.165) is 25.7 Å². The van der Waals surface area contributed by atoms with Crippen LogP contribution in [-0.4, -0.2) is 22.7 Å². The molecule has 0 unspecified atom stereocenters. The molecule has 0 atom stereocenters. The van der Waals surface area contributed by atoms with E-state index in [1.54, 1.807) is 0 Å². The van der Waals surface area contributed by atoms with E-state index in [9.17, 15) is 9.90 Å². The van der Waals surface area contributed by atoms with Crippen molar-refractivity contribution in [1.82, 2.24) is 5.32 Å². The third-order valence-corrected chi connectivity index (χ3v) is 4.41. The molecule has 0 aromatic carbocycles. The molecule has 0 bridgehead atoms. The monoisotopic (exact) mass is 225 g/mol. The van der Waals surface area contributed by atoms with Gasteiger partial charge in [-0.25, -0.2) is 0 Å². The number of carbonyl (C=O) groups is 1. The van der Waals surface area contributed by atoms with Gasteiger partial charge in [0.1, 0.15) is 5.54 Å². The van der Waals surface area contributed by atoms with Gasteiger partial charge in [-0.05, 0) is 37.5 Å². The molecule has 2 aliphatic rings. The van der Waals surface area contributed by atoms with Crippen molar-refractivity contribution in [3.8, 4) is 0 Å². The average molecular weight is 225 g/mol. The SMILES string of the molecule is CC(C)C1CC(NC2CCCC2)(C(=O)O)C1. The van der Waals surface area contributed by atoms with Crippen LogP contribution in [0.15, 0.2) is 0 Å². The van der Waals surface area contributed by atoms with Crippen molar-refractivity contribution < 1.29 is 9.90 Å². The minimum absolute atomic E-state index is 0.448. The molecule has 0 amide bonds. The zero-order valence-corrected chi connectivity index (χ0v) is 10.3. The molecule has 0 aliphatic heterocycles. The van der Waals surface area contributed by atoms with Gasteiger partial charge in [0.05, 0.1) is 0 Å². The second-order valence-corrected chi connectivity index (χ2v) is 5.93. The molecule has 0 heterocycles. The van der Waals surface area contributed by atoms with Gasteiger partial charge < -0.3 is 5.11 Å². The lowest BCUT2D eigenvalue weighted by molar-refractivity contribution is -0.153. The van der Waals surface area contributed by atoms with Crippen molar-refractivity contribution in [3.05, 3.63) is 0 Å². The summed E-state index contributed by atoms with van der Waals surface area (Å²) >= 11 is 0. The van der Waals surface area contributed by atoms with Crippen LogP contribution in [0.3, 0.4) is 0 Å². The zero-order valence-electron chi connectivity index (χ0n) is 10.3. The predicted octanol–water partition coefficient (Wildman–Crippen LogP) is 2.41. The second-order valence-electron chi connectivity index (χ2n) is 5.93. The maximum atomic E-state index is 11.4. The summed E-state index contributed by atoms with van der Waals surface area (Å²) in [4.78, 5) is 11.4. The summed E-state index contributed by atoms with van der Waals surface area (Å²) in [5.74, 6) is 0.555. The summed E-state index contributed by atoms with van der Waals surface area (Å²) < 4.78 is 0. The van der Waals surface area contributed by atoms with Crippen molar-refractivity contribution in [1.29, 1.82) is 0 Å². The van der Waals surface area contributed by atoms with Crippen LogP contribution in [0.1, 0.15) is 52.4 Å². The summed E-state index contributed by atoms with van der Waals surface area (Å²) in [5, 5.41) is 12.8. The van der Waals surface area contributed by atoms with Gasteiger partial charge in [0.25, 0.3) is 0 Å². The molecule has 0 saturated heterocycles. The van der Waals surface area contributed by atoms with Crippen molar-refractivity contribution in [2.75, 3.05) is 0 Å². The zero-order chi connectivity index (χ0) is 11.8. The van der Waals surface area contributed by atoms with Crippen LogP contribution in [0, 0.1) is 11.8 Å². The normalized spacial score (nSPS) is 35.3. The first kappa shape index (κ1) is 11.9. The molecule has 3 heteroatoms. The van der Waals surface area contributed by atoms with Gasteiger partial charge in [0.15, 0.2) is 0 Å². The Kier molecular flexibility index (Phi) is 3.24. The topological polar surface area (TPSA) is 49.3 Å². The minimum Gasteiger partial charge on any atom is -0.480 e. The standard InChI is InChI=1S/C13H23NO2/c1-9(2)10-7-13(8-10,12(15)16)14-11-5-3-4-6-11/h9-11,14H,3-8H2,1-2H3,(H,15,16). The smallest absolute Gasteiger partial charge is 0.323 e. The summed E-state index contributed by atoms with van der Waals surface area (Å²) in [6, 6.07) is 0.448. The third kappa shape index (κ3) is 2.10. The van der Waals surface area contributed by atoms with E-state index in [1.165, 1.54) is 12.8 Å². The number of hydrogen-bond donors (Lipinski definition) is 2. The summed E-state index contributed by atoms with van der Waals surface area (Å²) in [6.07, 6.45) is 6.44. The molecule has 92 valence electrons. The molecule has 0 radical (unpaired) electrons. The molecule has 3 nitrogen and oxygen atoms in total. The molecule has 0 aromatic rings. The van der Waals surface area contributed by atoms with Crippen molar-refractivity contribution >= 4 is 5.97 Å². The van der Waals surface area contributed by atoms with Crippen LogP contribution >= 0.6 is 0 Å². The van der Waals surface area contributed by atoms with Crippen LogP contribution in [0.5, 0.6) is 0 Å². The van der Waals surface area contributed by atoms with Gasteiger partial charge in [0, 0.05) is 6.04 Å². The van der Waals surface area contributed by atoms with Gasteiger partial charge in [-0.3, -0.25) is 10.1 Å². The number of rotatable bonds is 4. The molecule has 0 spiro atoms. The van der Waals surface area contributed by atoms with Crippen molar-refractivity contribution in [3.63, 3.8) is 0 Å².